The molecule has 0 saturated heterocycles. The van der Waals surface area contributed by atoms with Crippen molar-refractivity contribution in [2.75, 3.05) is 20.2 Å². The molecule has 0 heterocycles. The average molecular weight is 289 g/mol. The number of hydrogen-bond acceptors (Lipinski definition) is 4. The van der Waals surface area contributed by atoms with Crippen molar-refractivity contribution in [2.45, 2.75) is 12.7 Å². The molecule has 0 spiro atoms. The first-order chi connectivity index (χ1) is 8.86. The lowest BCUT2D eigenvalue weighted by molar-refractivity contribution is -0.143. The Labute approximate surface area is 112 Å². The van der Waals surface area contributed by atoms with Gasteiger partial charge in [0, 0.05) is 12.6 Å². The number of nitrogens with zero attached hydrogens (tertiary/aromatic N) is 1. The summed E-state index contributed by atoms with van der Waals surface area (Å²) in [6.45, 7) is 1.43. The molecule has 106 valence electrons. The molecule has 0 radical (unpaired) electrons. The number of halogens is 1. The molecule has 19 heavy (non-hydrogen) atoms. The Bertz CT molecular complexity index is 544. The molecule has 0 bridgehead atoms. The van der Waals surface area contributed by atoms with Crippen LogP contribution in [0.5, 0.6) is 0 Å². The van der Waals surface area contributed by atoms with E-state index in [1.807, 2.05) is 0 Å². The zero-order valence-electron chi connectivity index (χ0n) is 10.8. The molecule has 1 aromatic rings. The molecule has 7 heteroatoms. The highest BCUT2D eigenvalue weighted by Crippen LogP contribution is 2.13. The summed E-state index contributed by atoms with van der Waals surface area (Å²) in [5, 5.41) is 0. The van der Waals surface area contributed by atoms with Gasteiger partial charge in [-0.15, -0.1) is 0 Å². The van der Waals surface area contributed by atoms with Gasteiger partial charge in [0.1, 0.15) is 12.4 Å². The molecule has 1 rings (SSSR count). The molecule has 0 aliphatic rings. The second kappa shape index (κ2) is 6.63. The number of ether oxygens (including phenoxy) is 1. The summed E-state index contributed by atoms with van der Waals surface area (Å²) >= 11 is 0. The molecule has 0 aliphatic heterocycles. The lowest BCUT2D eigenvalue weighted by Crippen LogP contribution is -2.34. The lowest BCUT2D eigenvalue weighted by Gasteiger charge is -2.16. The van der Waals surface area contributed by atoms with Crippen LogP contribution in [-0.2, 0) is 25.3 Å². The van der Waals surface area contributed by atoms with Crippen molar-refractivity contribution >= 4 is 16.0 Å². The fraction of sp³-hybridized carbons (Fsp3) is 0.417. The molecule has 0 atom stereocenters. The number of rotatable bonds is 6. The number of hydrogen-bond donors (Lipinski definition) is 0. The Morgan fingerprint density at radius 1 is 1.37 bits per heavy atom. The Hall–Kier alpha value is -1.47. The number of carbonyl (C=O) groups excluding carboxylic acids is 1. The Morgan fingerprint density at radius 3 is 2.58 bits per heavy atom. The first-order valence-corrected chi connectivity index (χ1v) is 7.30. The molecular formula is C12H16FNO4S. The monoisotopic (exact) mass is 289 g/mol. The predicted molar refractivity (Wildman–Crippen MR) is 68.3 cm³/mol. The SMILES string of the molecule is CCOC(=O)CN(C)S(=O)(=O)Cc1ccccc1F. The van der Waals surface area contributed by atoms with Crippen molar-refractivity contribution in [3.8, 4) is 0 Å². The van der Waals surface area contributed by atoms with Crippen LogP contribution in [0.15, 0.2) is 24.3 Å². The zero-order valence-corrected chi connectivity index (χ0v) is 11.6. The predicted octanol–water partition coefficient (Wildman–Crippen LogP) is 1.15. The largest absolute Gasteiger partial charge is 0.465 e. The molecule has 1 aromatic carbocycles. The molecule has 0 fully saturated rings. The number of esters is 1. The quantitative estimate of drug-likeness (QED) is 0.737. The third-order valence-electron chi connectivity index (χ3n) is 2.43. The van der Waals surface area contributed by atoms with Gasteiger partial charge in [0.2, 0.25) is 10.0 Å². The normalized spacial score (nSPS) is 11.6. The van der Waals surface area contributed by atoms with E-state index in [9.17, 15) is 17.6 Å². The second-order valence-electron chi connectivity index (χ2n) is 3.91. The van der Waals surface area contributed by atoms with Crippen LogP contribution in [0.25, 0.3) is 0 Å². The van der Waals surface area contributed by atoms with Gasteiger partial charge in [0.25, 0.3) is 0 Å². The van der Waals surface area contributed by atoms with Gasteiger partial charge in [-0.3, -0.25) is 4.79 Å². The number of carbonyl (C=O) groups is 1. The maximum absolute atomic E-state index is 13.4. The lowest BCUT2D eigenvalue weighted by atomic mass is 10.2. The molecule has 0 saturated carbocycles. The molecule has 0 N–H and O–H groups in total. The minimum atomic E-state index is -3.76. The van der Waals surface area contributed by atoms with E-state index < -0.39 is 27.6 Å². The van der Waals surface area contributed by atoms with Gasteiger partial charge in [0.05, 0.1) is 12.4 Å². The number of benzene rings is 1. The van der Waals surface area contributed by atoms with Gasteiger partial charge >= 0.3 is 5.97 Å². The fourth-order valence-corrected chi connectivity index (χ4v) is 2.56. The minimum absolute atomic E-state index is 0.0678. The summed E-state index contributed by atoms with van der Waals surface area (Å²) in [7, 11) is -2.50. The van der Waals surface area contributed by atoms with Crippen molar-refractivity contribution in [3.63, 3.8) is 0 Å². The van der Waals surface area contributed by atoms with E-state index >= 15 is 0 Å². The van der Waals surface area contributed by atoms with Crippen LogP contribution in [-0.4, -0.2) is 38.9 Å². The third kappa shape index (κ3) is 4.60. The van der Waals surface area contributed by atoms with E-state index in [4.69, 9.17) is 0 Å². The van der Waals surface area contributed by atoms with Crippen LogP contribution in [0.2, 0.25) is 0 Å². The Kier molecular flexibility index (Phi) is 5.44. The Balaban J connectivity index is 2.76. The van der Waals surface area contributed by atoms with Gasteiger partial charge in [-0.1, -0.05) is 18.2 Å². The summed E-state index contributed by atoms with van der Waals surface area (Å²) in [5.74, 6) is -1.71. The highest BCUT2D eigenvalue weighted by molar-refractivity contribution is 7.88. The molecule has 0 aliphatic carbocycles. The van der Waals surface area contributed by atoms with Crippen LogP contribution in [0, 0.1) is 5.82 Å². The van der Waals surface area contributed by atoms with E-state index in [1.54, 1.807) is 13.0 Å². The van der Waals surface area contributed by atoms with Gasteiger partial charge in [-0.25, -0.2) is 12.8 Å². The number of likely N-dealkylation sites (N-methyl/N-ethyl adjacent to an activating group) is 1. The van der Waals surface area contributed by atoms with Crippen LogP contribution < -0.4 is 0 Å². The van der Waals surface area contributed by atoms with E-state index in [2.05, 4.69) is 4.74 Å². The summed E-state index contributed by atoms with van der Waals surface area (Å²) < 4.78 is 42.8. The highest BCUT2D eigenvalue weighted by Gasteiger charge is 2.22. The summed E-state index contributed by atoms with van der Waals surface area (Å²) in [5.41, 5.74) is 0.0678. The van der Waals surface area contributed by atoms with E-state index in [0.29, 0.717) is 0 Å². The van der Waals surface area contributed by atoms with Gasteiger partial charge in [-0.05, 0) is 13.0 Å². The molecular weight excluding hydrogens is 273 g/mol. The fourth-order valence-electron chi connectivity index (χ4n) is 1.41. The van der Waals surface area contributed by atoms with Crippen LogP contribution in [0.4, 0.5) is 4.39 Å². The van der Waals surface area contributed by atoms with Gasteiger partial charge < -0.3 is 4.74 Å². The van der Waals surface area contributed by atoms with Crippen LogP contribution in [0.1, 0.15) is 12.5 Å². The van der Waals surface area contributed by atoms with E-state index in [-0.39, 0.29) is 18.7 Å². The van der Waals surface area contributed by atoms with Crippen molar-refractivity contribution in [2.24, 2.45) is 0 Å². The zero-order chi connectivity index (χ0) is 14.5. The van der Waals surface area contributed by atoms with Crippen LogP contribution in [0.3, 0.4) is 0 Å². The first-order valence-electron chi connectivity index (χ1n) is 5.70. The van der Waals surface area contributed by atoms with E-state index in [1.165, 1.54) is 25.2 Å². The summed E-state index contributed by atoms with van der Waals surface area (Å²) in [6.07, 6.45) is 0. The first kappa shape index (κ1) is 15.6. The van der Waals surface area contributed by atoms with Gasteiger partial charge in [0.15, 0.2) is 0 Å². The molecule has 5 nitrogen and oxygen atoms in total. The second-order valence-corrected chi connectivity index (χ2v) is 5.98. The molecule has 0 amide bonds. The topological polar surface area (TPSA) is 63.7 Å². The third-order valence-corrected chi connectivity index (χ3v) is 4.18. The van der Waals surface area contributed by atoms with Crippen molar-refractivity contribution in [1.29, 1.82) is 0 Å². The van der Waals surface area contributed by atoms with Gasteiger partial charge in [-0.2, -0.15) is 4.31 Å². The standard InChI is InChI=1S/C12H16FNO4S/c1-3-18-12(15)8-14(2)19(16,17)9-10-6-4-5-7-11(10)13/h4-7H,3,8-9H2,1-2H3. The van der Waals surface area contributed by atoms with Crippen molar-refractivity contribution in [1.82, 2.24) is 4.31 Å². The maximum Gasteiger partial charge on any atom is 0.321 e. The van der Waals surface area contributed by atoms with Crippen LogP contribution >= 0.6 is 0 Å². The minimum Gasteiger partial charge on any atom is -0.465 e. The average Bonchev–Trinajstić information content (AvgIpc) is 2.32. The highest BCUT2D eigenvalue weighted by atomic mass is 32.2. The summed E-state index contributed by atoms with van der Waals surface area (Å²) in [6, 6.07) is 5.62. The summed E-state index contributed by atoms with van der Waals surface area (Å²) in [4.78, 5) is 11.2. The smallest absolute Gasteiger partial charge is 0.321 e. The maximum atomic E-state index is 13.4. The van der Waals surface area contributed by atoms with Crippen molar-refractivity contribution < 1.29 is 22.3 Å². The Morgan fingerprint density at radius 2 is 2.00 bits per heavy atom. The molecule has 0 unspecified atom stereocenters. The van der Waals surface area contributed by atoms with E-state index in [0.717, 1.165) is 4.31 Å². The van der Waals surface area contributed by atoms with Crippen molar-refractivity contribution in [3.05, 3.63) is 35.6 Å². The number of sulfonamides is 1. The molecule has 0 aromatic heterocycles.